The quantitative estimate of drug-likeness (QED) is 0.0983. The van der Waals surface area contributed by atoms with E-state index in [-0.39, 0.29) is 47.1 Å². The highest BCUT2D eigenvalue weighted by atomic mass is 19.3. The molecular weight excluding hydrogens is 698 g/mol. The first kappa shape index (κ1) is 35.6. The van der Waals surface area contributed by atoms with E-state index < -0.39 is 59.4 Å². The van der Waals surface area contributed by atoms with Crippen molar-refractivity contribution in [3.8, 4) is 34.0 Å². The summed E-state index contributed by atoms with van der Waals surface area (Å²) in [6.07, 6.45) is 4.75. The number of rotatable bonds is 13. The summed E-state index contributed by atoms with van der Waals surface area (Å²) < 4.78 is 98.7. The molecule has 0 bridgehead atoms. The van der Waals surface area contributed by atoms with Crippen LogP contribution in [0.4, 0.5) is 26.3 Å². The number of hydrogen-bond acceptors (Lipinski definition) is 8. The van der Waals surface area contributed by atoms with Gasteiger partial charge in [-0.15, -0.1) is 10.2 Å². The summed E-state index contributed by atoms with van der Waals surface area (Å²) in [6.45, 7) is 1.33. The lowest BCUT2D eigenvalue weighted by Crippen LogP contribution is -2.15. The maximum absolute atomic E-state index is 14.3. The van der Waals surface area contributed by atoms with E-state index >= 15 is 0 Å². The van der Waals surface area contributed by atoms with Crippen LogP contribution in [0.15, 0.2) is 73.3 Å². The van der Waals surface area contributed by atoms with Crippen molar-refractivity contribution in [2.24, 2.45) is 0 Å². The maximum Gasteiger partial charge on any atom is 0.313 e. The SMILES string of the molecule is CC(F)(F)c1cc(-c2cn(Cc3ccn[nH]3)nc2OC(=O)CCC(=O)Oc2nn(Cc3ccn[nH]3)cc2-c2ccc(F)c(C(C)(F)F)c2)ccc1F. The number of aromatic nitrogens is 8. The van der Waals surface area contributed by atoms with Crippen LogP contribution >= 0.6 is 0 Å². The number of carbonyl (C=O) groups excluding carboxylic acids is 2. The summed E-state index contributed by atoms with van der Waals surface area (Å²) in [7, 11) is 0. The van der Waals surface area contributed by atoms with E-state index in [1.807, 2.05) is 0 Å². The average molecular weight is 727 g/mol. The minimum atomic E-state index is -3.52. The predicted molar refractivity (Wildman–Crippen MR) is 170 cm³/mol. The lowest BCUT2D eigenvalue weighted by molar-refractivity contribution is -0.140. The molecule has 0 aliphatic rings. The Kier molecular flexibility index (Phi) is 9.73. The molecule has 52 heavy (non-hydrogen) atoms. The van der Waals surface area contributed by atoms with Crippen LogP contribution < -0.4 is 9.47 Å². The van der Waals surface area contributed by atoms with Crippen molar-refractivity contribution in [3.05, 3.63) is 107 Å². The second-order valence-corrected chi connectivity index (χ2v) is 11.9. The molecule has 4 aromatic heterocycles. The van der Waals surface area contributed by atoms with Crippen molar-refractivity contribution in [2.45, 2.75) is 51.6 Å². The number of benzene rings is 2. The molecular formula is C34H28F6N8O4. The van der Waals surface area contributed by atoms with Crippen molar-refractivity contribution >= 4 is 11.9 Å². The topological polar surface area (TPSA) is 146 Å². The minimum Gasteiger partial charge on any atom is -0.405 e. The van der Waals surface area contributed by atoms with Crippen LogP contribution in [0.1, 0.15) is 49.2 Å². The summed E-state index contributed by atoms with van der Waals surface area (Å²) >= 11 is 0. The number of aromatic amines is 2. The monoisotopic (exact) mass is 726 g/mol. The van der Waals surface area contributed by atoms with E-state index in [9.17, 15) is 35.9 Å². The maximum atomic E-state index is 14.3. The van der Waals surface area contributed by atoms with E-state index in [1.54, 1.807) is 12.1 Å². The number of esters is 2. The van der Waals surface area contributed by atoms with E-state index in [2.05, 4.69) is 30.6 Å². The van der Waals surface area contributed by atoms with Gasteiger partial charge in [0, 0.05) is 38.6 Å². The molecule has 6 aromatic rings. The minimum absolute atomic E-state index is 0.0824. The van der Waals surface area contributed by atoms with Gasteiger partial charge in [-0.05, 0) is 47.5 Å². The molecule has 270 valence electrons. The summed E-state index contributed by atoms with van der Waals surface area (Å²) in [5.41, 5.74) is -0.189. The normalized spacial score (nSPS) is 11.9. The second kappa shape index (κ2) is 14.2. The fraction of sp³-hybridized carbons (Fsp3) is 0.235. The number of alkyl halides is 4. The highest BCUT2D eigenvalue weighted by molar-refractivity contribution is 5.82. The number of nitrogens with one attached hydrogen (secondary N) is 2. The molecule has 0 saturated carbocycles. The Morgan fingerprint density at radius 3 is 1.42 bits per heavy atom. The van der Waals surface area contributed by atoms with Gasteiger partial charge >= 0.3 is 11.9 Å². The van der Waals surface area contributed by atoms with Crippen molar-refractivity contribution in [3.63, 3.8) is 0 Å². The summed E-state index contributed by atoms with van der Waals surface area (Å²) in [6, 6.07) is 9.35. The molecule has 6 rings (SSSR count). The molecule has 4 heterocycles. The Balaban J connectivity index is 1.20. The molecule has 0 aliphatic carbocycles. The standard InChI is InChI=1S/C34H28F6N8O4/c1-33(37,38)25-13-19(3-5-27(25)35)23-17-47(15-21-9-11-41-43-21)45-31(23)51-29(49)7-8-30(50)52-32-24(18-48(46-32)16-22-10-12-42-44-22)20-4-6-28(36)26(14-20)34(2,39)40/h3-6,9-14,17-18H,7-8,15-16H2,1-2H3,(H,41,43)(H,42,44). The van der Waals surface area contributed by atoms with Gasteiger partial charge in [0.25, 0.3) is 11.8 Å². The van der Waals surface area contributed by atoms with E-state index in [1.165, 1.54) is 46.3 Å². The van der Waals surface area contributed by atoms with Crippen LogP contribution in [0, 0.1) is 11.6 Å². The van der Waals surface area contributed by atoms with Gasteiger partial charge in [-0.3, -0.25) is 29.2 Å². The lowest BCUT2D eigenvalue weighted by Gasteiger charge is -2.13. The highest BCUT2D eigenvalue weighted by Crippen LogP contribution is 2.37. The first-order chi connectivity index (χ1) is 24.6. The first-order valence-corrected chi connectivity index (χ1v) is 15.5. The van der Waals surface area contributed by atoms with Crippen molar-refractivity contribution in [2.75, 3.05) is 0 Å². The van der Waals surface area contributed by atoms with E-state index in [0.29, 0.717) is 25.2 Å². The fourth-order valence-electron chi connectivity index (χ4n) is 5.19. The Morgan fingerprint density at radius 2 is 1.08 bits per heavy atom. The van der Waals surface area contributed by atoms with Gasteiger partial charge in [-0.1, -0.05) is 12.1 Å². The van der Waals surface area contributed by atoms with Crippen LogP contribution in [0.2, 0.25) is 0 Å². The molecule has 0 unspecified atom stereocenters. The molecule has 2 N–H and O–H groups in total. The van der Waals surface area contributed by atoms with Gasteiger partial charge in [0.15, 0.2) is 0 Å². The molecule has 0 amide bonds. The molecule has 0 atom stereocenters. The number of hydrogen-bond donors (Lipinski definition) is 2. The van der Waals surface area contributed by atoms with E-state index in [0.717, 1.165) is 24.3 Å². The van der Waals surface area contributed by atoms with Gasteiger partial charge in [-0.2, -0.15) is 10.2 Å². The summed E-state index contributed by atoms with van der Waals surface area (Å²) in [4.78, 5) is 26.0. The smallest absolute Gasteiger partial charge is 0.313 e. The molecule has 18 heteroatoms. The van der Waals surface area contributed by atoms with Gasteiger partial charge in [0.1, 0.15) is 11.6 Å². The van der Waals surface area contributed by atoms with Crippen LogP contribution in [0.3, 0.4) is 0 Å². The third kappa shape index (κ3) is 8.22. The first-order valence-electron chi connectivity index (χ1n) is 15.5. The largest absolute Gasteiger partial charge is 0.405 e. The Morgan fingerprint density at radius 1 is 0.673 bits per heavy atom. The van der Waals surface area contributed by atoms with Crippen molar-refractivity contribution in [1.29, 1.82) is 0 Å². The molecule has 0 spiro atoms. The Hall–Kier alpha value is -6.20. The third-order valence-corrected chi connectivity index (χ3v) is 7.69. The van der Waals surface area contributed by atoms with Crippen molar-refractivity contribution in [1.82, 2.24) is 40.0 Å². The number of halogens is 6. The molecule has 12 nitrogen and oxygen atoms in total. The number of carbonyl (C=O) groups is 2. The van der Waals surface area contributed by atoms with Crippen LogP contribution in [0.5, 0.6) is 11.8 Å². The summed E-state index contributed by atoms with van der Waals surface area (Å²) in [5, 5.41) is 21.7. The zero-order valence-electron chi connectivity index (χ0n) is 27.3. The van der Waals surface area contributed by atoms with Gasteiger partial charge in [-0.25, -0.2) is 26.3 Å². The number of H-pyrrole nitrogens is 2. The van der Waals surface area contributed by atoms with Crippen LogP contribution in [-0.2, 0) is 34.5 Å². The predicted octanol–water partition coefficient (Wildman–Crippen LogP) is 6.75. The zero-order valence-corrected chi connectivity index (χ0v) is 27.3. The summed E-state index contributed by atoms with van der Waals surface area (Å²) in [5.74, 6) is -11.8. The highest BCUT2D eigenvalue weighted by Gasteiger charge is 2.31. The Labute approximate surface area is 290 Å². The van der Waals surface area contributed by atoms with Gasteiger partial charge in [0.05, 0.1) is 59.6 Å². The van der Waals surface area contributed by atoms with E-state index in [4.69, 9.17) is 9.47 Å². The fourth-order valence-corrected chi connectivity index (χ4v) is 5.19. The average Bonchev–Trinajstić information content (AvgIpc) is 3.90. The van der Waals surface area contributed by atoms with Crippen molar-refractivity contribution < 1.29 is 45.4 Å². The second-order valence-electron chi connectivity index (χ2n) is 11.9. The zero-order chi connectivity index (χ0) is 37.2. The van der Waals surface area contributed by atoms with Gasteiger partial charge in [0.2, 0.25) is 11.8 Å². The number of ether oxygens (including phenoxy) is 2. The number of nitrogens with zero attached hydrogens (tertiary/aromatic N) is 6. The molecule has 2 aromatic carbocycles. The molecule has 0 saturated heterocycles. The lowest BCUT2D eigenvalue weighted by atomic mass is 10.0. The van der Waals surface area contributed by atoms with Crippen LogP contribution in [0.25, 0.3) is 22.3 Å². The molecule has 0 radical (unpaired) electrons. The third-order valence-electron chi connectivity index (χ3n) is 7.69. The van der Waals surface area contributed by atoms with Gasteiger partial charge < -0.3 is 9.47 Å². The van der Waals surface area contributed by atoms with Crippen LogP contribution in [-0.4, -0.2) is 51.9 Å². The Bertz CT molecular complexity index is 2050. The molecule has 0 aliphatic heterocycles. The molecule has 0 fully saturated rings.